The van der Waals surface area contributed by atoms with Crippen LogP contribution in [0.5, 0.6) is 0 Å². The number of rotatable bonds is 4. The van der Waals surface area contributed by atoms with Gasteiger partial charge in [0.1, 0.15) is 0 Å². The van der Waals surface area contributed by atoms with E-state index in [4.69, 9.17) is 17.3 Å². The molecule has 1 rings (SSSR count). The number of halogens is 1. The van der Waals surface area contributed by atoms with E-state index in [0.717, 1.165) is 0 Å². The van der Waals surface area contributed by atoms with Crippen LogP contribution in [-0.2, 0) is 4.79 Å². The van der Waals surface area contributed by atoms with E-state index in [9.17, 15) is 9.59 Å². The lowest BCUT2D eigenvalue weighted by molar-refractivity contribution is -0.125. The standard InChI is InChI=1S/C11H14ClN3O2/c1-11(2,10(13)17)6-15-9(16)7-5-14-4-3-8(7)12/h3-5H,6H2,1-2H3,(H2,13,17)(H,15,16). The SMILES string of the molecule is CC(C)(CNC(=O)c1cnccc1Cl)C(N)=O. The van der Waals surface area contributed by atoms with Crippen LogP contribution in [0.15, 0.2) is 18.5 Å². The summed E-state index contributed by atoms with van der Waals surface area (Å²) in [6.07, 6.45) is 2.86. The van der Waals surface area contributed by atoms with E-state index < -0.39 is 11.3 Å². The van der Waals surface area contributed by atoms with Gasteiger partial charge in [0.05, 0.1) is 16.0 Å². The third-order valence-corrected chi connectivity index (χ3v) is 2.70. The summed E-state index contributed by atoms with van der Waals surface area (Å²) < 4.78 is 0. The van der Waals surface area contributed by atoms with Gasteiger partial charge in [0.25, 0.3) is 5.91 Å². The van der Waals surface area contributed by atoms with Crippen molar-refractivity contribution < 1.29 is 9.59 Å². The Hall–Kier alpha value is -1.62. The summed E-state index contributed by atoms with van der Waals surface area (Å²) in [5.41, 5.74) is 4.67. The van der Waals surface area contributed by atoms with Gasteiger partial charge in [0, 0.05) is 18.9 Å². The average molecular weight is 256 g/mol. The lowest BCUT2D eigenvalue weighted by Gasteiger charge is -2.20. The van der Waals surface area contributed by atoms with E-state index in [1.54, 1.807) is 13.8 Å². The molecule has 0 bridgehead atoms. The second kappa shape index (κ2) is 5.14. The molecule has 1 heterocycles. The van der Waals surface area contributed by atoms with Crippen LogP contribution in [0, 0.1) is 5.41 Å². The Morgan fingerprint density at radius 3 is 2.71 bits per heavy atom. The Bertz CT molecular complexity index is 446. The number of nitrogens with two attached hydrogens (primary N) is 1. The molecule has 17 heavy (non-hydrogen) atoms. The Kier molecular flexibility index (Phi) is 4.07. The highest BCUT2D eigenvalue weighted by Crippen LogP contribution is 2.15. The number of pyridine rings is 1. The molecule has 1 aromatic rings. The van der Waals surface area contributed by atoms with Crippen LogP contribution in [-0.4, -0.2) is 23.3 Å². The summed E-state index contributed by atoms with van der Waals surface area (Å²) in [5.74, 6) is -0.854. The van der Waals surface area contributed by atoms with Crippen molar-refractivity contribution >= 4 is 23.4 Å². The highest BCUT2D eigenvalue weighted by Gasteiger charge is 2.25. The molecule has 0 fully saturated rings. The molecule has 0 spiro atoms. The fourth-order valence-electron chi connectivity index (χ4n) is 1.03. The van der Waals surface area contributed by atoms with E-state index in [2.05, 4.69) is 10.3 Å². The summed E-state index contributed by atoms with van der Waals surface area (Å²) in [6.45, 7) is 3.45. The van der Waals surface area contributed by atoms with Gasteiger partial charge in [-0.15, -0.1) is 0 Å². The Morgan fingerprint density at radius 2 is 2.18 bits per heavy atom. The summed E-state index contributed by atoms with van der Waals surface area (Å²) in [7, 11) is 0. The number of nitrogens with one attached hydrogen (secondary N) is 1. The zero-order valence-corrected chi connectivity index (χ0v) is 10.4. The summed E-state index contributed by atoms with van der Waals surface area (Å²) in [6, 6.07) is 1.52. The van der Waals surface area contributed by atoms with Crippen LogP contribution < -0.4 is 11.1 Å². The minimum absolute atomic E-state index is 0.145. The Morgan fingerprint density at radius 1 is 1.53 bits per heavy atom. The molecule has 6 heteroatoms. The first-order valence-corrected chi connectivity index (χ1v) is 5.40. The maximum absolute atomic E-state index is 11.7. The van der Waals surface area contributed by atoms with Gasteiger partial charge in [0.2, 0.25) is 5.91 Å². The maximum Gasteiger partial charge on any atom is 0.254 e. The van der Waals surface area contributed by atoms with Gasteiger partial charge in [-0.25, -0.2) is 0 Å². The molecule has 0 aliphatic carbocycles. The Labute approximate surface area is 104 Å². The third-order valence-electron chi connectivity index (χ3n) is 2.37. The second-order valence-corrected chi connectivity index (χ2v) is 4.69. The monoisotopic (exact) mass is 255 g/mol. The summed E-state index contributed by atoms with van der Waals surface area (Å²) in [5, 5.41) is 2.91. The number of primary amides is 1. The predicted octanol–water partition coefficient (Wildman–Crippen LogP) is 0.976. The van der Waals surface area contributed by atoms with Gasteiger partial charge in [-0.1, -0.05) is 11.6 Å². The number of hydrogen-bond acceptors (Lipinski definition) is 3. The van der Waals surface area contributed by atoms with E-state index in [0.29, 0.717) is 5.02 Å². The van der Waals surface area contributed by atoms with Gasteiger partial charge in [-0.2, -0.15) is 0 Å². The molecule has 5 nitrogen and oxygen atoms in total. The van der Waals surface area contributed by atoms with Crippen molar-refractivity contribution in [3.05, 3.63) is 29.0 Å². The van der Waals surface area contributed by atoms with Crippen LogP contribution in [0.25, 0.3) is 0 Å². The molecule has 0 aliphatic heterocycles. The number of nitrogens with zero attached hydrogens (tertiary/aromatic N) is 1. The van der Waals surface area contributed by atoms with Gasteiger partial charge < -0.3 is 11.1 Å². The lowest BCUT2D eigenvalue weighted by Crippen LogP contribution is -2.42. The summed E-state index contributed by atoms with van der Waals surface area (Å²) in [4.78, 5) is 26.6. The lowest BCUT2D eigenvalue weighted by atomic mass is 9.93. The summed E-state index contributed by atoms with van der Waals surface area (Å²) >= 11 is 5.84. The van der Waals surface area contributed by atoms with E-state index >= 15 is 0 Å². The topological polar surface area (TPSA) is 85.1 Å². The van der Waals surface area contributed by atoms with Crippen molar-refractivity contribution in [2.45, 2.75) is 13.8 Å². The molecular weight excluding hydrogens is 242 g/mol. The van der Waals surface area contributed by atoms with Crippen molar-refractivity contribution in [1.82, 2.24) is 10.3 Å². The maximum atomic E-state index is 11.7. The van der Waals surface area contributed by atoms with Crippen LogP contribution in [0.2, 0.25) is 5.02 Å². The van der Waals surface area contributed by atoms with Gasteiger partial charge >= 0.3 is 0 Å². The molecule has 0 radical (unpaired) electrons. The Balaban J connectivity index is 2.69. The van der Waals surface area contributed by atoms with Crippen LogP contribution >= 0.6 is 11.6 Å². The largest absolute Gasteiger partial charge is 0.369 e. The molecule has 0 unspecified atom stereocenters. The fourth-order valence-corrected chi connectivity index (χ4v) is 1.22. The molecule has 0 aliphatic rings. The van der Waals surface area contributed by atoms with Crippen molar-refractivity contribution in [2.75, 3.05) is 6.54 Å². The van der Waals surface area contributed by atoms with E-state index in [1.807, 2.05) is 0 Å². The normalized spacial score (nSPS) is 11.0. The van der Waals surface area contributed by atoms with E-state index in [1.165, 1.54) is 18.5 Å². The van der Waals surface area contributed by atoms with Crippen molar-refractivity contribution in [3.63, 3.8) is 0 Å². The average Bonchev–Trinajstić information content (AvgIpc) is 2.26. The van der Waals surface area contributed by atoms with Crippen molar-refractivity contribution in [1.29, 1.82) is 0 Å². The minimum Gasteiger partial charge on any atom is -0.369 e. The molecule has 2 amide bonds. The highest BCUT2D eigenvalue weighted by molar-refractivity contribution is 6.33. The van der Waals surface area contributed by atoms with Gasteiger partial charge in [0.15, 0.2) is 0 Å². The number of aromatic nitrogens is 1. The zero-order valence-electron chi connectivity index (χ0n) is 9.66. The molecule has 1 aromatic heterocycles. The third kappa shape index (κ3) is 3.42. The first-order valence-electron chi connectivity index (χ1n) is 5.02. The predicted molar refractivity (Wildman–Crippen MR) is 64.6 cm³/mol. The fraction of sp³-hybridized carbons (Fsp3) is 0.364. The quantitative estimate of drug-likeness (QED) is 0.841. The molecule has 92 valence electrons. The first-order chi connectivity index (χ1) is 7.84. The van der Waals surface area contributed by atoms with Crippen LogP contribution in [0.3, 0.4) is 0 Å². The van der Waals surface area contributed by atoms with Crippen LogP contribution in [0.1, 0.15) is 24.2 Å². The number of amides is 2. The van der Waals surface area contributed by atoms with Crippen molar-refractivity contribution in [2.24, 2.45) is 11.1 Å². The zero-order chi connectivity index (χ0) is 13.1. The molecule has 0 aromatic carbocycles. The highest BCUT2D eigenvalue weighted by atomic mass is 35.5. The van der Waals surface area contributed by atoms with Gasteiger partial charge in [-0.3, -0.25) is 14.6 Å². The molecular formula is C11H14ClN3O2. The number of carbonyl (C=O) groups is 2. The second-order valence-electron chi connectivity index (χ2n) is 4.29. The van der Waals surface area contributed by atoms with E-state index in [-0.39, 0.29) is 18.0 Å². The van der Waals surface area contributed by atoms with Crippen molar-refractivity contribution in [3.8, 4) is 0 Å². The molecule has 3 N–H and O–H groups in total. The van der Waals surface area contributed by atoms with Gasteiger partial charge in [-0.05, 0) is 19.9 Å². The van der Waals surface area contributed by atoms with Crippen LogP contribution in [0.4, 0.5) is 0 Å². The number of hydrogen-bond donors (Lipinski definition) is 2. The number of carbonyl (C=O) groups excluding carboxylic acids is 2. The molecule has 0 saturated carbocycles. The minimum atomic E-state index is -0.801. The molecule has 0 saturated heterocycles. The smallest absolute Gasteiger partial charge is 0.254 e. The molecule has 0 atom stereocenters. The first kappa shape index (κ1) is 13.4.